The van der Waals surface area contributed by atoms with E-state index in [-0.39, 0.29) is 5.82 Å². The molecule has 2 aliphatic rings. The van der Waals surface area contributed by atoms with Crippen LogP contribution in [0.1, 0.15) is 28.8 Å². The van der Waals surface area contributed by atoms with Gasteiger partial charge in [-0.3, -0.25) is 0 Å². The van der Waals surface area contributed by atoms with Crippen LogP contribution in [0.4, 0.5) is 10.3 Å². The van der Waals surface area contributed by atoms with Crippen LogP contribution in [-0.2, 0) is 0 Å². The Morgan fingerprint density at radius 2 is 1.79 bits per heavy atom. The van der Waals surface area contributed by atoms with Gasteiger partial charge in [0.1, 0.15) is 35.4 Å². The summed E-state index contributed by atoms with van der Waals surface area (Å²) in [4.78, 5) is 4.38. The molecule has 8 heteroatoms. The third-order valence-electron chi connectivity index (χ3n) is 6.24. The maximum atomic E-state index is 15.2. The Balaban J connectivity index is 1.64. The van der Waals surface area contributed by atoms with Crippen LogP contribution in [0.3, 0.4) is 0 Å². The van der Waals surface area contributed by atoms with Gasteiger partial charge in [0.05, 0.1) is 19.9 Å². The molecule has 0 saturated heterocycles. The zero-order chi connectivity index (χ0) is 23.2. The van der Waals surface area contributed by atoms with Crippen LogP contribution in [-0.4, -0.2) is 29.0 Å². The van der Waals surface area contributed by atoms with Crippen molar-refractivity contribution in [2.24, 2.45) is 0 Å². The van der Waals surface area contributed by atoms with Gasteiger partial charge in [-0.1, -0.05) is 30.3 Å². The third-order valence-corrected chi connectivity index (χ3v) is 6.24. The molecule has 0 radical (unpaired) electrons. The molecule has 1 N–H and O–H groups in total. The number of halogens is 1. The standard InChI is InChI=1S/C26H21FN4O3/c1-32-15-11-12-18(21(13-15)33-2)25-22-23(17-8-4-6-10-20(17)34-25)30-26-28-14-29-31(26)24(22)16-7-3-5-9-19(16)27/h3-14,24-25H,1-2H3,(H,28,29,30)/t24-,25+/m1/s1. The van der Waals surface area contributed by atoms with Crippen LogP contribution < -0.4 is 19.5 Å². The number of rotatable bonds is 4. The number of fused-ring (bicyclic) bond motifs is 3. The minimum Gasteiger partial charge on any atom is -0.497 e. The normalized spacial score (nSPS) is 18.2. The van der Waals surface area contributed by atoms with Crippen molar-refractivity contribution in [3.8, 4) is 17.2 Å². The van der Waals surface area contributed by atoms with Crippen LogP contribution >= 0.6 is 0 Å². The highest BCUT2D eigenvalue weighted by Crippen LogP contribution is 2.52. The van der Waals surface area contributed by atoms with Gasteiger partial charge in [0, 0.05) is 28.3 Å². The summed E-state index contributed by atoms with van der Waals surface area (Å²) in [5.41, 5.74) is 3.77. The second kappa shape index (κ2) is 7.91. The number of anilines is 1. The fourth-order valence-electron chi connectivity index (χ4n) is 4.71. The number of para-hydroxylation sites is 1. The van der Waals surface area contributed by atoms with Crippen molar-refractivity contribution in [2.75, 3.05) is 19.5 Å². The zero-order valence-electron chi connectivity index (χ0n) is 18.5. The van der Waals surface area contributed by atoms with Crippen molar-refractivity contribution >= 4 is 11.6 Å². The van der Waals surface area contributed by atoms with E-state index in [0.717, 1.165) is 22.4 Å². The third kappa shape index (κ3) is 3.02. The summed E-state index contributed by atoms with van der Waals surface area (Å²) in [6.07, 6.45) is 0.880. The first-order chi connectivity index (χ1) is 16.7. The fourth-order valence-corrected chi connectivity index (χ4v) is 4.71. The van der Waals surface area contributed by atoms with Gasteiger partial charge in [-0.15, -0.1) is 0 Å². The Morgan fingerprint density at radius 1 is 0.971 bits per heavy atom. The molecule has 1 aromatic heterocycles. The smallest absolute Gasteiger partial charge is 0.226 e. The van der Waals surface area contributed by atoms with Crippen LogP contribution in [0.25, 0.3) is 5.70 Å². The van der Waals surface area contributed by atoms with Crippen molar-refractivity contribution in [3.05, 3.63) is 101 Å². The molecule has 2 atom stereocenters. The lowest BCUT2D eigenvalue weighted by Gasteiger charge is -2.39. The van der Waals surface area contributed by atoms with Crippen molar-refractivity contribution < 1.29 is 18.6 Å². The Morgan fingerprint density at radius 3 is 2.62 bits per heavy atom. The molecule has 2 aliphatic heterocycles. The molecule has 7 nitrogen and oxygen atoms in total. The summed E-state index contributed by atoms with van der Waals surface area (Å²) in [7, 11) is 3.21. The highest BCUT2D eigenvalue weighted by atomic mass is 19.1. The lowest BCUT2D eigenvalue weighted by atomic mass is 9.84. The summed E-state index contributed by atoms with van der Waals surface area (Å²) in [5, 5.41) is 7.85. The number of hydrogen-bond donors (Lipinski definition) is 1. The Labute approximate surface area is 195 Å². The minimum absolute atomic E-state index is 0.331. The summed E-state index contributed by atoms with van der Waals surface area (Å²) in [5.74, 6) is 2.17. The monoisotopic (exact) mass is 456 g/mol. The quantitative estimate of drug-likeness (QED) is 0.466. The molecular formula is C26H21FN4O3. The average molecular weight is 456 g/mol. The van der Waals surface area contributed by atoms with Crippen LogP contribution in [0, 0.1) is 5.82 Å². The van der Waals surface area contributed by atoms with Crippen molar-refractivity contribution in [1.82, 2.24) is 14.8 Å². The number of aromatic nitrogens is 3. The topological polar surface area (TPSA) is 70.4 Å². The second-order valence-electron chi connectivity index (χ2n) is 8.01. The number of hydrogen-bond acceptors (Lipinski definition) is 6. The fraction of sp³-hybridized carbons (Fsp3) is 0.154. The van der Waals surface area contributed by atoms with Gasteiger partial charge in [-0.25, -0.2) is 9.07 Å². The van der Waals surface area contributed by atoms with E-state index in [9.17, 15) is 0 Å². The first kappa shape index (κ1) is 20.3. The van der Waals surface area contributed by atoms with Gasteiger partial charge in [-0.05, 0) is 30.3 Å². The zero-order valence-corrected chi connectivity index (χ0v) is 18.5. The Hall–Kier alpha value is -4.33. The van der Waals surface area contributed by atoms with Gasteiger partial charge < -0.3 is 19.5 Å². The molecule has 34 heavy (non-hydrogen) atoms. The summed E-state index contributed by atoms with van der Waals surface area (Å²) < 4.78 is 34.6. The number of benzene rings is 3. The molecule has 0 fully saturated rings. The molecule has 4 aromatic rings. The number of ether oxygens (including phenoxy) is 3. The van der Waals surface area contributed by atoms with Crippen molar-refractivity contribution in [2.45, 2.75) is 12.1 Å². The molecule has 0 amide bonds. The molecule has 0 aliphatic carbocycles. The van der Waals surface area contributed by atoms with Crippen molar-refractivity contribution in [3.63, 3.8) is 0 Å². The number of nitrogens with zero attached hydrogens (tertiary/aromatic N) is 3. The first-order valence-corrected chi connectivity index (χ1v) is 10.8. The molecule has 3 aromatic carbocycles. The van der Waals surface area contributed by atoms with Crippen LogP contribution in [0.5, 0.6) is 17.2 Å². The van der Waals surface area contributed by atoms with Crippen LogP contribution in [0.2, 0.25) is 0 Å². The number of methoxy groups -OCH3 is 2. The predicted molar refractivity (Wildman–Crippen MR) is 124 cm³/mol. The maximum Gasteiger partial charge on any atom is 0.226 e. The minimum atomic E-state index is -0.583. The van der Waals surface area contributed by atoms with E-state index in [1.807, 2.05) is 48.5 Å². The summed E-state index contributed by atoms with van der Waals surface area (Å²) >= 11 is 0. The summed E-state index contributed by atoms with van der Waals surface area (Å²) in [6, 6.07) is 19.5. The van der Waals surface area contributed by atoms with Gasteiger partial charge >= 0.3 is 0 Å². The number of nitrogens with one attached hydrogen (secondary N) is 1. The van der Waals surface area contributed by atoms with E-state index in [4.69, 9.17) is 14.2 Å². The highest BCUT2D eigenvalue weighted by molar-refractivity contribution is 5.85. The predicted octanol–water partition coefficient (Wildman–Crippen LogP) is 4.99. The van der Waals surface area contributed by atoms with E-state index in [1.165, 1.54) is 12.4 Å². The molecule has 0 bridgehead atoms. The van der Waals surface area contributed by atoms with Gasteiger partial charge in [0.25, 0.3) is 0 Å². The Bertz CT molecular complexity index is 1430. The molecule has 0 saturated carbocycles. The second-order valence-corrected chi connectivity index (χ2v) is 8.01. The van der Waals surface area contributed by atoms with E-state index < -0.39 is 12.1 Å². The lowest BCUT2D eigenvalue weighted by Crippen LogP contribution is -2.33. The van der Waals surface area contributed by atoms with Crippen LogP contribution in [0.15, 0.2) is 78.6 Å². The Kier molecular flexibility index (Phi) is 4.72. The molecule has 6 rings (SSSR count). The molecular weight excluding hydrogens is 435 g/mol. The molecule has 3 heterocycles. The van der Waals surface area contributed by atoms with Gasteiger partial charge in [-0.2, -0.15) is 10.1 Å². The van der Waals surface area contributed by atoms with E-state index in [0.29, 0.717) is 28.8 Å². The average Bonchev–Trinajstić information content (AvgIpc) is 3.35. The molecule has 170 valence electrons. The molecule has 0 spiro atoms. The first-order valence-electron chi connectivity index (χ1n) is 10.8. The van der Waals surface area contributed by atoms with Crippen molar-refractivity contribution in [1.29, 1.82) is 0 Å². The summed E-state index contributed by atoms with van der Waals surface area (Å²) in [6.45, 7) is 0. The van der Waals surface area contributed by atoms with E-state index in [1.54, 1.807) is 31.0 Å². The van der Waals surface area contributed by atoms with E-state index >= 15 is 4.39 Å². The van der Waals surface area contributed by atoms with Gasteiger partial charge in [0.2, 0.25) is 5.95 Å². The maximum absolute atomic E-state index is 15.2. The largest absolute Gasteiger partial charge is 0.497 e. The highest BCUT2D eigenvalue weighted by Gasteiger charge is 2.42. The van der Waals surface area contributed by atoms with E-state index in [2.05, 4.69) is 15.4 Å². The lowest BCUT2D eigenvalue weighted by molar-refractivity contribution is 0.217. The SMILES string of the molecule is COc1ccc([C@@H]2Oc3ccccc3C3=C2[C@@H](c2ccccc2F)n2ncnc2N3)c(OC)c1. The van der Waals surface area contributed by atoms with Gasteiger partial charge in [0.15, 0.2) is 6.10 Å². The molecule has 0 unspecified atom stereocenters.